The molecule has 2 aromatic carbocycles. The standard InChI is InChI=1S/C25H31NO6/c1-25(2)13-18-6-4-8-21(24(18)32-25)31-16-23(27)26-14-17-9-10-20(22(12-17)28-3)30-15-19-7-5-11-29-19/h4,6,8-10,12,19H,5,7,11,13-16H2,1-3H3,(H,26,27). The van der Waals surface area contributed by atoms with Gasteiger partial charge >= 0.3 is 0 Å². The third-order valence-electron chi connectivity index (χ3n) is 5.58. The van der Waals surface area contributed by atoms with E-state index in [9.17, 15) is 4.79 Å². The summed E-state index contributed by atoms with van der Waals surface area (Å²) in [6, 6.07) is 11.4. The molecule has 4 rings (SSSR count). The summed E-state index contributed by atoms with van der Waals surface area (Å²) in [5.41, 5.74) is 1.75. The predicted molar refractivity (Wildman–Crippen MR) is 120 cm³/mol. The maximum absolute atomic E-state index is 12.3. The van der Waals surface area contributed by atoms with Gasteiger partial charge in [0.25, 0.3) is 5.91 Å². The van der Waals surface area contributed by atoms with Crippen LogP contribution in [0.3, 0.4) is 0 Å². The molecule has 0 radical (unpaired) electrons. The molecular formula is C25H31NO6. The highest BCUT2D eigenvalue weighted by atomic mass is 16.5. The van der Waals surface area contributed by atoms with Crippen molar-refractivity contribution in [1.82, 2.24) is 5.32 Å². The zero-order chi connectivity index (χ0) is 22.6. The van der Waals surface area contributed by atoms with Gasteiger partial charge in [-0.25, -0.2) is 0 Å². The molecule has 0 saturated carbocycles. The van der Waals surface area contributed by atoms with Gasteiger partial charge in [0.15, 0.2) is 29.6 Å². The summed E-state index contributed by atoms with van der Waals surface area (Å²) in [5, 5.41) is 2.88. The topological polar surface area (TPSA) is 75.3 Å². The summed E-state index contributed by atoms with van der Waals surface area (Å²) in [5.74, 6) is 2.41. The number of methoxy groups -OCH3 is 1. The summed E-state index contributed by atoms with van der Waals surface area (Å²) in [6.07, 6.45) is 3.05. The molecule has 7 heteroatoms. The van der Waals surface area contributed by atoms with Crippen molar-refractivity contribution in [3.63, 3.8) is 0 Å². The minimum absolute atomic E-state index is 0.0834. The van der Waals surface area contributed by atoms with Crippen molar-refractivity contribution >= 4 is 5.91 Å². The van der Waals surface area contributed by atoms with Crippen LogP contribution < -0.4 is 24.3 Å². The van der Waals surface area contributed by atoms with Gasteiger partial charge in [0.2, 0.25) is 0 Å². The Morgan fingerprint density at radius 1 is 1.16 bits per heavy atom. The SMILES string of the molecule is COc1cc(CNC(=O)COc2cccc3c2OC(C)(C)C3)ccc1OCC1CCCO1. The van der Waals surface area contributed by atoms with Gasteiger partial charge in [0, 0.05) is 25.1 Å². The second kappa shape index (κ2) is 9.69. The van der Waals surface area contributed by atoms with Crippen molar-refractivity contribution < 1.29 is 28.5 Å². The summed E-state index contributed by atoms with van der Waals surface area (Å²) >= 11 is 0. The Balaban J connectivity index is 1.27. The summed E-state index contributed by atoms with van der Waals surface area (Å²) in [7, 11) is 1.60. The average Bonchev–Trinajstić information content (AvgIpc) is 3.41. The predicted octanol–water partition coefficient (Wildman–Crippen LogP) is 3.66. The Morgan fingerprint density at radius 2 is 2.03 bits per heavy atom. The molecule has 0 spiro atoms. The van der Waals surface area contributed by atoms with Gasteiger partial charge in [-0.2, -0.15) is 0 Å². The number of hydrogen-bond acceptors (Lipinski definition) is 6. The van der Waals surface area contributed by atoms with Crippen LogP contribution in [0.2, 0.25) is 0 Å². The molecule has 2 heterocycles. The molecule has 1 amide bonds. The van der Waals surface area contributed by atoms with E-state index in [2.05, 4.69) is 5.32 Å². The van der Waals surface area contributed by atoms with E-state index in [4.69, 9.17) is 23.7 Å². The molecule has 1 unspecified atom stereocenters. The molecular weight excluding hydrogens is 410 g/mol. The summed E-state index contributed by atoms with van der Waals surface area (Å²) < 4.78 is 28.6. The van der Waals surface area contributed by atoms with Gasteiger partial charge in [0.1, 0.15) is 12.2 Å². The number of benzene rings is 2. The van der Waals surface area contributed by atoms with Crippen molar-refractivity contribution in [2.24, 2.45) is 0 Å². The van der Waals surface area contributed by atoms with Crippen LogP contribution in [0, 0.1) is 0 Å². The first kappa shape index (κ1) is 22.3. The number of ether oxygens (including phenoxy) is 5. The number of para-hydroxylation sites is 1. The Hall–Kier alpha value is -2.93. The number of nitrogens with one attached hydrogen (secondary N) is 1. The molecule has 1 atom stereocenters. The lowest BCUT2D eigenvalue weighted by molar-refractivity contribution is -0.123. The molecule has 172 valence electrons. The average molecular weight is 442 g/mol. The summed E-state index contributed by atoms with van der Waals surface area (Å²) in [6.45, 7) is 5.66. The van der Waals surface area contributed by atoms with E-state index in [0.717, 1.165) is 42.7 Å². The van der Waals surface area contributed by atoms with Crippen molar-refractivity contribution in [2.45, 2.75) is 51.4 Å². The molecule has 1 saturated heterocycles. The number of amides is 1. The Kier molecular flexibility index (Phi) is 6.74. The molecule has 0 bridgehead atoms. The van der Waals surface area contributed by atoms with Crippen LogP contribution in [0.1, 0.15) is 37.8 Å². The zero-order valence-corrected chi connectivity index (χ0v) is 18.9. The third-order valence-corrected chi connectivity index (χ3v) is 5.58. The Labute approximate surface area is 189 Å². The van der Waals surface area contributed by atoms with Gasteiger partial charge in [-0.3, -0.25) is 4.79 Å². The Bertz CT molecular complexity index is 951. The molecule has 32 heavy (non-hydrogen) atoms. The van der Waals surface area contributed by atoms with Crippen molar-refractivity contribution in [3.8, 4) is 23.0 Å². The highest BCUT2D eigenvalue weighted by Crippen LogP contribution is 2.41. The second-order valence-corrected chi connectivity index (χ2v) is 8.78. The number of carbonyl (C=O) groups excluding carboxylic acids is 1. The molecule has 7 nitrogen and oxygen atoms in total. The first-order valence-electron chi connectivity index (χ1n) is 11.1. The Morgan fingerprint density at radius 3 is 2.81 bits per heavy atom. The fourth-order valence-corrected chi connectivity index (χ4v) is 4.00. The number of carbonyl (C=O) groups is 1. The van der Waals surface area contributed by atoms with Crippen LogP contribution in [-0.2, 0) is 22.5 Å². The molecule has 2 aromatic rings. The highest BCUT2D eigenvalue weighted by molar-refractivity contribution is 5.77. The number of hydrogen-bond donors (Lipinski definition) is 1. The molecule has 2 aliphatic rings. The fourth-order valence-electron chi connectivity index (χ4n) is 4.00. The largest absolute Gasteiger partial charge is 0.493 e. The van der Waals surface area contributed by atoms with Gasteiger partial charge in [-0.15, -0.1) is 0 Å². The normalized spacial score (nSPS) is 18.5. The van der Waals surface area contributed by atoms with Gasteiger partial charge in [-0.05, 0) is 50.5 Å². The van der Waals surface area contributed by atoms with Gasteiger partial charge in [0.05, 0.1) is 13.2 Å². The third kappa shape index (κ3) is 5.46. The van der Waals surface area contributed by atoms with Gasteiger partial charge < -0.3 is 29.0 Å². The van der Waals surface area contributed by atoms with Crippen LogP contribution in [0.15, 0.2) is 36.4 Å². The number of rotatable bonds is 9. The summed E-state index contributed by atoms with van der Waals surface area (Å²) in [4.78, 5) is 12.3. The van der Waals surface area contributed by atoms with Crippen molar-refractivity contribution in [2.75, 3.05) is 26.9 Å². The fraction of sp³-hybridized carbons (Fsp3) is 0.480. The smallest absolute Gasteiger partial charge is 0.258 e. The van der Waals surface area contributed by atoms with E-state index < -0.39 is 0 Å². The van der Waals surface area contributed by atoms with Crippen LogP contribution in [0.5, 0.6) is 23.0 Å². The van der Waals surface area contributed by atoms with E-state index in [1.165, 1.54) is 0 Å². The molecule has 1 N–H and O–H groups in total. The minimum atomic E-state index is -0.261. The van der Waals surface area contributed by atoms with Gasteiger partial charge in [-0.1, -0.05) is 18.2 Å². The maximum Gasteiger partial charge on any atom is 0.258 e. The maximum atomic E-state index is 12.3. The quantitative estimate of drug-likeness (QED) is 0.640. The zero-order valence-electron chi connectivity index (χ0n) is 18.9. The molecule has 0 aromatic heterocycles. The van der Waals surface area contributed by atoms with E-state index in [1.54, 1.807) is 7.11 Å². The van der Waals surface area contributed by atoms with E-state index >= 15 is 0 Å². The van der Waals surface area contributed by atoms with E-state index in [1.807, 2.05) is 50.2 Å². The first-order chi connectivity index (χ1) is 15.4. The molecule has 1 fully saturated rings. The minimum Gasteiger partial charge on any atom is -0.493 e. The van der Waals surface area contributed by atoms with Crippen LogP contribution in [0.25, 0.3) is 0 Å². The van der Waals surface area contributed by atoms with Crippen LogP contribution in [0.4, 0.5) is 0 Å². The first-order valence-corrected chi connectivity index (χ1v) is 11.1. The van der Waals surface area contributed by atoms with Crippen LogP contribution in [-0.4, -0.2) is 44.5 Å². The van der Waals surface area contributed by atoms with Crippen molar-refractivity contribution in [1.29, 1.82) is 0 Å². The monoisotopic (exact) mass is 441 g/mol. The van der Waals surface area contributed by atoms with E-state index in [-0.39, 0.29) is 24.2 Å². The van der Waals surface area contributed by atoms with Crippen molar-refractivity contribution in [3.05, 3.63) is 47.5 Å². The second-order valence-electron chi connectivity index (χ2n) is 8.78. The lowest BCUT2D eigenvalue weighted by atomic mass is 10.0. The molecule has 2 aliphatic heterocycles. The van der Waals surface area contributed by atoms with Crippen LogP contribution >= 0.6 is 0 Å². The number of fused-ring (bicyclic) bond motifs is 1. The lowest BCUT2D eigenvalue weighted by Gasteiger charge is -2.18. The lowest BCUT2D eigenvalue weighted by Crippen LogP contribution is -2.28. The van der Waals surface area contributed by atoms with E-state index in [0.29, 0.717) is 30.4 Å². The molecule has 0 aliphatic carbocycles. The highest BCUT2D eigenvalue weighted by Gasteiger charge is 2.32.